The number of anilines is 1. The highest BCUT2D eigenvalue weighted by molar-refractivity contribution is 9.10. The van der Waals surface area contributed by atoms with Crippen molar-refractivity contribution in [2.45, 2.75) is 0 Å². The zero-order valence-corrected chi connectivity index (χ0v) is 14.5. The van der Waals surface area contributed by atoms with E-state index >= 15 is 0 Å². The molecule has 0 aromatic heterocycles. The van der Waals surface area contributed by atoms with Crippen LogP contribution in [0.2, 0.25) is 5.02 Å². The number of carbonyl (C=O) groups is 1. The van der Waals surface area contributed by atoms with Crippen molar-refractivity contribution in [2.75, 3.05) is 11.9 Å². The number of amides is 1. The van der Waals surface area contributed by atoms with Gasteiger partial charge in [0, 0.05) is 10.2 Å². The van der Waals surface area contributed by atoms with E-state index in [1.165, 1.54) is 0 Å². The summed E-state index contributed by atoms with van der Waals surface area (Å²) in [6.07, 6.45) is 0. The van der Waals surface area contributed by atoms with E-state index in [2.05, 4.69) is 26.6 Å². The average Bonchev–Trinajstić information content (AvgIpc) is 2.50. The molecule has 0 aliphatic rings. The topological polar surface area (TPSA) is 50.4 Å². The highest BCUT2D eigenvalue weighted by Gasteiger charge is 2.07. The van der Waals surface area contributed by atoms with Crippen LogP contribution in [0.3, 0.4) is 0 Å². The Hall–Kier alpha value is -1.63. The third-order valence-electron chi connectivity index (χ3n) is 2.54. The van der Waals surface area contributed by atoms with Gasteiger partial charge in [-0.15, -0.1) is 0 Å². The molecule has 22 heavy (non-hydrogen) atoms. The molecule has 7 heteroatoms. The number of rotatable bonds is 4. The number of para-hydroxylation sites is 1. The van der Waals surface area contributed by atoms with Gasteiger partial charge < -0.3 is 10.1 Å². The van der Waals surface area contributed by atoms with E-state index in [0.717, 1.165) is 4.47 Å². The van der Waals surface area contributed by atoms with Crippen molar-refractivity contribution in [1.29, 1.82) is 0 Å². The van der Waals surface area contributed by atoms with Gasteiger partial charge in [0.1, 0.15) is 5.75 Å². The minimum Gasteiger partial charge on any atom is -0.484 e. The normalized spacial score (nSPS) is 9.91. The lowest BCUT2D eigenvalue weighted by atomic mass is 10.3. The lowest BCUT2D eigenvalue weighted by Crippen LogP contribution is -2.37. The Labute approximate surface area is 146 Å². The standard InChI is InChI=1S/C15H12BrClN2O2S/c16-12-7-6-10(8-13(12)17)18-15(22)19-14(20)9-21-11-4-2-1-3-5-11/h1-8H,9H2,(H2,18,19,20,22). The van der Waals surface area contributed by atoms with Crippen LogP contribution < -0.4 is 15.4 Å². The van der Waals surface area contributed by atoms with Gasteiger partial charge in [-0.05, 0) is 58.5 Å². The summed E-state index contributed by atoms with van der Waals surface area (Å²) in [5, 5.41) is 6.14. The van der Waals surface area contributed by atoms with Crippen LogP contribution in [0.4, 0.5) is 5.69 Å². The molecule has 0 atom stereocenters. The van der Waals surface area contributed by atoms with E-state index in [4.69, 9.17) is 28.6 Å². The van der Waals surface area contributed by atoms with Gasteiger partial charge in [-0.3, -0.25) is 10.1 Å². The third-order valence-corrected chi connectivity index (χ3v) is 3.98. The van der Waals surface area contributed by atoms with Crippen LogP contribution in [0.15, 0.2) is 53.0 Å². The predicted octanol–water partition coefficient (Wildman–Crippen LogP) is 3.99. The number of hydrogen-bond donors (Lipinski definition) is 2. The summed E-state index contributed by atoms with van der Waals surface area (Å²) in [5.74, 6) is 0.279. The molecule has 0 fully saturated rings. The fraction of sp³-hybridized carbons (Fsp3) is 0.0667. The molecule has 0 radical (unpaired) electrons. The Morgan fingerprint density at radius 2 is 1.95 bits per heavy atom. The highest BCUT2D eigenvalue weighted by atomic mass is 79.9. The second-order valence-electron chi connectivity index (χ2n) is 4.23. The van der Waals surface area contributed by atoms with Crippen LogP contribution in [-0.4, -0.2) is 17.6 Å². The van der Waals surface area contributed by atoms with E-state index < -0.39 is 0 Å². The molecule has 0 saturated heterocycles. The summed E-state index contributed by atoms with van der Waals surface area (Å²) in [7, 11) is 0. The highest BCUT2D eigenvalue weighted by Crippen LogP contribution is 2.25. The van der Waals surface area contributed by atoms with Crippen LogP contribution in [0.25, 0.3) is 0 Å². The zero-order chi connectivity index (χ0) is 15.9. The van der Waals surface area contributed by atoms with Crippen LogP contribution in [0, 0.1) is 0 Å². The van der Waals surface area contributed by atoms with E-state index in [1.54, 1.807) is 30.3 Å². The molecule has 4 nitrogen and oxygen atoms in total. The summed E-state index contributed by atoms with van der Waals surface area (Å²) < 4.78 is 6.11. The van der Waals surface area contributed by atoms with Crippen LogP contribution in [0.5, 0.6) is 5.75 Å². The monoisotopic (exact) mass is 398 g/mol. The van der Waals surface area contributed by atoms with Crippen molar-refractivity contribution in [1.82, 2.24) is 5.32 Å². The lowest BCUT2D eigenvalue weighted by molar-refractivity contribution is -0.121. The lowest BCUT2D eigenvalue weighted by Gasteiger charge is -2.11. The molecule has 1 amide bonds. The zero-order valence-electron chi connectivity index (χ0n) is 11.3. The minimum atomic E-state index is -0.343. The maximum atomic E-state index is 11.7. The van der Waals surface area contributed by atoms with Crippen LogP contribution >= 0.6 is 39.7 Å². The molecule has 2 aromatic rings. The van der Waals surface area contributed by atoms with Crippen molar-refractivity contribution in [2.24, 2.45) is 0 Å². The van der Waals surface area contributed by atoms with Gasteiger partial charge in [-0.1, -0.05) is 29.8 Å². The number of hydrogen-bond acceptors (Lipinski definition) is 3. The fourth-order valence-corrected chi connectivity index (χ4v) is 2.22. The van der Waals surface area contributed by atoms with Gasteiger partial charge in [0.25, 0.3) is 5.91 Å². The molecule has 0 heterocycles. The molecule has 114 valence electrons. The Morgan fingerprint density at radius 3 is 2.64 bits per heavy atom. The molecule has 2 N–H and O–H groups in total. The minimum absolute atomic E-state index is 0.118. The van der Waals surface area contributed by atoms with E-state index in [0.29, 0.717) is 16.5 Å². The van der Waals surface area contributed by atoms with Gasteiger partial charge in [0.2, 0.25) is 0 Å². The van der Waals surface area contributed by atoms with Crippen molar-refractivity contribution < 1.29 is 9.53 Å². The largest absolute Gasteiger partial charge is 0.484 e. The smallest absolute Gasteiger partial charge is 0.264 e. The quantitative estimate of drug-likeness (QED) is 0.763. The van der Waals surface area contributed by atoms with Crippen molar-refractivity contribution in [3.8, 4) is 5.75 Å². The Bertz CT molecular complexity index is 682. The second kappa shape index (κ2) is 8.12. The van der Waals surface area contributed by atoms with Gasteiger partial charge >= 0.3 is 0 Å². The summed E-state index contributed by atoms with van der Waals surface area (Å²) in [6.45, 7) is -0.118. The molecule has 0 unspecified atom stereocenters. The van der Waals surface area contributed by atoms with Crippen molar-refractivity contribution in [3.63, 3.8) is 0 Å². The maximum absolute atomic E-state index is 11.7. The summed E-state index contributed by atoms with van der Waals surface area (Å²) in [6, 6.07) is 14.3. The molecular formula is C15H12BrClN2O2S. The predicted molar refractivity (Wildman–Crippen MR) is 95.5 cm³/mol. The Balaban J connectivity index is 1.81. The van der Waals surface area contributed by atoms with Gasteiger partial charge in [-0.25, -0.2) is 0 Å². The van der Waals surface area contributed by atoms with Gasteiger partial charge in [0.15, 0.2) is 11.7 Å². The van der Waals surface area contributed by atoms with Crippen LogP contribution in [-0.2, 0) is 4.79 Å². The first-order valence-electron chi connectivity index (χ1n) is 6.28. The first kappa shape index (κ1) is 16.7. The molecule has 0 saturated carbocycles. The summed E-state index contributed by atoms with van der Waals surface area (Å²) in [5.41, 5.74) is 0.683. The molecular weight excluding hydrogens is 388 g/mol. The number of benzene rings is 2. The molecule has 2 rings (SSSR count). The number of nitrogens with one attached hydrogen (secondary N) is 2. The van der Waals surface area contributed by atoms with E-state index in [9.17, 15) is 4.79 Å². The molecule has 0 spiro atoms. The van der Waals surface area contributed by atoms with E-state index in [-0.39, 0.29) is 17.6 Å². The number of carbonyl (C=O) groups excluding carboxylic acids is 1. The summed E-state index contributed by atoms with van der Waals surface area (Å²) >= 11 is 14.3. The summed E-state index contributed by atoms with van der Waals surface area (Å²) in [4.78, 5) is 11.7. The van der Waals surface area contributed by atoms with Crippen molar-refractivity contribution in [3.05, 3.63) is 58.0 Å². The third kappa shape index (κ3) is 5.29. The SMILES string of the molecule is O=C(COc1ccccc1)NC(=S)Nc1ccc(Br)c(Cl)c1. The van der Waals surface area contributed by atoms with Crippen molar-refractivity contribution >= 4 is 56.5 Å². The first-order chi connectivity index (χ1) is 10.5. The molecule has 0 aliphatic heterocycles. The van der Waals surface area contributed by atoms with Gasteiger partial charge in [-0.2, -0.15) is 0 Å². The molecule has 0 bridgehead atoms. The number of ether oxygens (including phenoxy) is 1. The number of halogens is 2. The van der Waals surface area contributed by atoms with E-state index in [1.807, 2.05) is 18.2 Å². The Kier molecular flexibility index (Phi) is 6.18. The fourth-order valence-electron chi connectivity index (χ4n) is 1.56. The number of thiocarbonyl (C=S) groups is 1. The first-order valence-corrected chi connectivity index (χ1v) is 7.86. The Morgan fingerprint density at radius 1 is 1.23 bits per heavy atom. The average molecular weight is 400 g/mol. The van der Waals surface area contributed by atoms with Crippen LogP contribution in [0.1, 0.15) is 0 Å². The second-order valence-corrected chi connectivity index (χ2v) is 5.90. The van der Waals surface area contributed by atoms with Gasteiger partial charge in [0.05, 0.1) is 5.02 Å². The molecule has 0 aliphatic carbocycles. The maximum Gasteiger partial charge on any atom is 0.264 e. The molecule has 2 aromatic carbocycles.